The van der Waals surface area contributed by atoms with E-state index in [4.69, 9.17) is 20.4 Å². The molecule has 4 nitrogen and oxygen atoms in total. The third kappa shape index (κ3) is 8.18. The smallest absolute Gasteiger partial charge is 0.151 e. The van der Waals surface area contributed by atoms with Gasteiger partial charge in [0.05, 0.1) is 0 Å². The Hall–Kier alpha value is -0.160. The quantitative estimate of drug-likeness (QED) is 0.403. The van der Waals surface area contributed by atoms with Crippen molar-refractivity contribution in [2.24, 2.45) is 5.92 Å². The van der Waals surface area contributed by atoms with E-state index < -0.39 is 6.29 Å². The molecule has 0 saturated carbocycles. The van der Waals surface area contributed by atoms with Gasteiger partial charge in [-0.25, -0.2) is 0 Å². The highest BCUT2D eigenvalue weighted by Crippen LogP contribution is 2.14. The van der Waals surface area contributed by atoms with Gasteiger partial charge >= 0.3 is 0 Å². The van der Waals surface area contributed by atoms with Crippen LogP contribution in [0, 0.1) is 5.92 Å². The van der Waals surface area contributed by atoms with Crippen molar-refractivity contribution in [2.75, 3.05) is 13.2 Å². The van der Waals surface area contributed by atoms with Gasteiger partial charge in [-0.1, -0.05) is 0 Å². The second-order valence-electron chi connectivity index (χ2n) is 3.33. The topological polar surface area (TPSA) is 80.9 Å². The first-order valence-corrected chi connectivity index (χ1v) is 4.78. The van der Waals surface area contributed by atoms with Crippen LogP contribution in [0.5, 0.6) is 0 Å². The lowest BCUT2D eigenvalue weighted by molar-refractivity contribution is -0.0475. The molecule has 0 saturated heterocycles. The standard InChI is InChI=1S/C9H20O4/c10-6-2-4-8(7-11)3-1-5-9(12)13/h8-13H,1-7H2. The first kappa shape index (κ1) is 12.8. The van der Waals surface area contributed by atoms with Crippen LogP contribution in [0.1, 0.15) is 32.1 Å². The lowest BCUT2D eigenvalue weighted by Crippen LogP contribution is -2.09. The summed E-state index contributed by atoms with van der Waals surface area (Å²) in [7, 11) is 0. The van der Waals surface area contributed by atoms with Crippen LogP contribution in [-0.4, -0.2) is 39.9 Å². The van der Waals surface area contributed by atoms with Crippen molar-refractivity contribution >= 4 is 0 Å². The number of rotatable bonds is 8. The average molecular weight is 192 g/mol. The summed E-state index contributed by atoms with van der Waals surface area (Å²) in [6.07, 6.45) is 2.11. The zero-order chi connectivity index (χ0) is 10.1. The summed E-state index contributed by atoms with van der Waals surface area (Å²) in [5.74, 6) is 0.186. The van der Waals surface area contributed by atoms with Crippen molar-refractivity contribution < 1.29 is 20.4 Å². The van der Waals surface area contributed by atoms with Crippen LogP contribution < -0.4 is 0 Å². The summed E-state index contributed by atoms with van der Waals surface area (Å²) in [5.41, 5.74) is 0. The molecule has 0 radical (unpaired) electrons. The van der Waals surface area contributed by atoms with Crippen molar-refractivity contribution in [3.05, 3.63) is 0 Å². The van der Waals surface area contributed by atoms with Crippen LogP contribution in [-0.2, 0) is 0 Å². The van der Waals surface area contributed by atoms with E-state index in [-0.39, 0.29) is 19.1 Å². The summed E-state index contributed by atoms with van der Waals surface area (Å²) < 4.78 is 0. The Morgan fingerprint density at radius 1 is 0.846 bits per heavy atom. The van der Waals surface area contributed by atoms with Gasteiger partial charge in [-0.05, 0) is 38.0 Å². The normalized spacial score (nSPS) is 13.6. The highest BCUT2D eigenvalue weighted by molar-refractivity contribution is 4.58. The highest BCUT2D eigenvalue weighted by atomic mass is 16.5. The molecule has 0 rings (SSSR count). The maximum Gasteiger partial charge on any atom is 0.151 e. The first-order chi connectivity index (χ1) is 6.20. The predicted molar refractivity (Wildman–Crippen MR) is 49.0 cm³/mol. The van der Waals surface area contributed by atoms with Crippen molar-refractivity contribution in [2.45, 2.75) is 38.4 Å². The van der Waals surface area contributed by atoms with E-state index in [0.717, 1.165) is 12.8 Å². The Balaban J connectivity index is 3.36. The summed E-state index contributed by atoms with van der Waals surface area (Å²) in [4.78, 5) is 0. The monoisotopic (exact) mass is 192 g/mol. The molecular weight excluding hydrogens is 172 g/mol. The van der Waals surface area contributed by atoms with E-state index in [1.54, 1.807) is 0 Å². The number of aliphatic hydroxyl groups excluding tert-OH is 3. The van der Waals surface area contributed by atoms with E-state index in [0.29, 0.717) is 19.3 Å². The van der Waals surface area contributed by atoms with Gasteiger partial charge in [0, 0.05) is 13.2 Å². The SMILES string of the molecule is OCCCC(CO)CCCC(O)O. The fourth-order valence-electron chi connectivity index (χ4n) is 1.30. The van der Waals surface area contributed by atoms with E-state index in [2.05, 4.69) is 0 Å². The van der Waals surface area contributed by atoms with Crippen molar-refractivity contribution in [3.63, 3.8) is 0 Å². The Morgan fingerprint density at radius 2 is 1.46 bits per heavy atom. The van der Waals surface area contributed by atoms with Crippen molar-refractivity contribution in [3.8, 4) is 0 Å². The zero-order valence-electron chi connectivity index (χ0n) is 7.89. The minimum absolute atomic E-state index is 0.113. The van der Waals surface area contributed by atoms with Gasteiger partial charge in [0.2, 0.25) is 0 Å². The van der Waals surface area contributed by atoms with Crippen LogP contribution >= 0.6 is 0 Å². The van der Waals surface area contributed by atoms with E-state index in [1.807, 2.05) is 0 Å². The average Bonchev–Trinajstić information content (AvgIpc) is 2.10. The lowest BCUT2D eigenvalue weighted by atomic mass is 9.98. The molecule has 0 aromatic rings. The van der Waals surface area contributed by atoms with E-state index in [1.165, 1.54) is 0 Å². The second-order valence-corrected chi connectivity index (χ2v) is 3.33. The molecular formula is C9H20O4. The second kappa shape index (κ2) is 8.44. The van der Waals surface area contributed by atoms with Gasteiger partial charge in [0.15, 0.2) is 6.29 Å². The molecule has 0 aromatic heterocycles. The van der Waals surface area contributed by atoms with Gasteiger partial charge in [0.1, 0.15) is 0 Å². The molecule has 80 valence electrons. The van der Waals surface area contributed by atoms with Crippen molar-refractivity contribution in [1.82, 2.24) is 0 Å². The number of hydrogen-bond acceptors (Lipinski definition) is 4. The third-order valence-corrected chi connectivity index (χ3v) is 2.10. The van der Waals surface area contributed by atoms with Crippen LogP contribution in [0.3, 0.4) is 0 Å². The molecule has 13 heavy (non-hydrogen) atoms. The Bertz CT molecular complexity index is 106. The Labute approximate surface area is 78.8 Å². The summed E-state index contributed by atoms with van der Waals surface area (Å²) in [6, 6.07) is 0. The molecule has 0 aliphatic heterocycles. The first-order valence-electron chi connectivity index (χ1n) is 4.78. The fourth-order valence-corrected chi connectivity index (χ4v) is 1.30. The van der Waals surface area contributed by atoms with E-state index in [9.17, 15) is 0 Å². The van der Waals surface area contributed by atoms with Gasteiger partial charge in [-0.15, -0.1) is 0 Å². The maximum atomic E-state index is 8.91. The largest absolute Gasteiger partial charge is 0.396 e. The van der Waals surface area contributed by atoms with Gasteiger partial charge in [-0.2, -0.15) is 0 Å². The highest BCUT2D eigenvalue weighted by Gasteiger charge is 2.07. The summed E-state index contributed by atoms with van der Waals surface area (Å²) in [5, 5.41) is 34.6. The molecule has 0 amide bonds. The molecule has 4 N–H and O–H groups in total. The molecule has 0 aliphatic rings. The number of aliphatic hydroxyl groups is 4. The maximum absolute atomic E-state index is 8.91. The molecule has 1 atom stereocenters. The van der Waals surface area contributed by atoms with Gasteiger partial charge in [-0.3, -0.25) is 0 Å². The molecule has 0 bridgehead atoms. The Morgan fingerprint density at radius 3 is 1.92 bits per heavy atom. The predicted octanol–water partition coefficient (Wildman–Crippen LogP) is -0.152. The number of hydrogen-bond donors (Lipinski definition) is 4. The molecule has 1 unspecified atom stereocenters. The zero-order valence-corrected chi connectivity index (χ0v) is 7.89. The Kier molecular flexibility index (Phi) is 8.33. The van der Waals surface area contributed by atoms with Crippen molar-refractivity contribution in [1.29, 1.82) is 0 Å². The van der Waals surface area contributed by atoms with Crippen LogP contribution in [0.25, 0.3) is 0 Å². The third-order valence-electron chi connectivity index (χ3n) is 2.10. The summed E-state index contributed by atoms with van der Waals surface area (Å²) >= 11 is 0. The minimum atomic E-state index is -1.24. The molecule has 0 aliphatic carbocycles. The van der Waals surface area contributed by atoms with Crippen LogP contribution in [0.2, 0.25) is 0 Å². The van der Waals surface area contributed by atoms with Gasteiger partial charge in [0.25, 0.3) is 0 Å². The minimum Gasteiger partial charge on any atom is -0.396 e. The molecule has 0 spiro atoms. The summed E-state index contributed by atoms with van der Waals surface area (Å²) in [6.45, 7) is 0.265. The fraction of sp³-hybridized carbons (Fsp3) is 1.00. The molecule has 4 heteroatoms. The van der Waals surface area contributed by atoms with Gasteiger partial charge < -0.3 is 20.4 Å². The molecule has 0 fully saturated rings. The van der Waals surface area contributed by atoms with Crippen LogP contribution in [0.15, 0.2) is 0 Å². The van der Waals surface area contributed by atoms with Crippen LogP contribution in [0.4, 0.5) is 0 Å². The van der Waals surface area contributed by atoms with E-state index >= 15 is 0 Å². The molecule has 0 heterocycles. The molecule has 0 aromatic carbocycles. The lowest BCUT2D eigenvalue weighted by Gasteiger charge is -2.13.